The third kappa shape index (κ3) is 4.00. The van der Waals surface area contributed by atoms with Gasteiger partial charge in [-0.15, -0.1) is 0 Å². The average Bonchev–Trinajstić information content (AvgIpc) is 3.22. The van der Waals surface area contributed by atoms with Crippen molar-refractivity contribution in [1.82, 2.24) is 0 Å². The largest absolute Gasteiger partial charge is 0.496 e. The Labute approximate surface area is 179 Å². The summed E-state index contributed by atoms with van der Waals surface area (Å²) < 4.78 is 14.4. The van der Waals surface area contributed by atoms with E-state index in [2.05, 4.69) is 36.0 Å². The average molecular weight is 419 g/mol. The van der Waals surface area contributed by atoms with E-state index in [1.165, 1.54) is 11.9 Å². The number of fused-ring (bicyclic) bond motifs is 1. The number of anilines is 2. The van der Waals surface area contributed by atoms with Crippen molar-refractivity contribution in [2.75, 3.05) is 17.1 Å². The number of methoxy groups -OCH3 is 1. The van der Waals surface area contributed by atoms with Crippen LogP contribution in [-0.4, -0.2) is 13.0 Å². The van der Waals surface area contributed by atoms with E-state index < -0.39 is 0 Å². The van der Waals surface area contributed by atoms with Crippen LogP contribution in [0.3, 0.4) is 0 Å². The summed E-state index contributed by atoms with van der Waals surface area (Å²) in [7, 11) is 1.63. The number of rotatable bonds is 6. The van der Waals surface area contributed by atoms with E-state index in [9.17, 15) is 4.79 Å². The number of hydrogen-bond donors (Lipinski definition) is 2. The standard InChI is InChI=1S/C24H22N2O3S/c1-15-6-4-7-16(2)22(15)26-30-21-14-18(10-11-20(21)28-3)25-24(27)19-9-5-8-17-12-13-29-23(17)19/h4-14,26H,1-3H3,(H,25,27). The van der Waals surface area contributed by atoms with Crippen LogP contribution in [0, 0.1) is 13.8 Å². The fourth-order valence-electron chi connectivity index (χ4n) is 3.29. The molecule has 0 atom stereocenters. The van der Waals surface area contributed by atoms with E-state index in [1.54, 1.807) is 19.4 Å². The Hall–Kier alpha value is -3.38. The zero-order valence-electron chi connectivity index (χ0n) is 17.0. The van der Waals surface area contributed by atoms with Gasteiger partial charge in [0, 0.05) is 11.1 Å². The first kappa shape index (κ1) is 19.9. The van der Waals surface area contributed by atoms with Crippen molar-refractivity contribution in [2.45, 2.75) is 18.7 Å². The van der Waals surface area contributed by atoms with Gasteiger partial charge < -0.3 is 19.2 Å². The van der Waals surface area contributed by atoms with Gasteiger partial charge in [-0.1, -0.05) is 30.3 Å². The highest BCUT2D eigenvalue weighted by Crippen LogP contribution is 2.34. The molecule has 3 aromatic carbocycles. The number of nitrogens with one attached hydrogen (secondary N) is 2. The first-order valence-corrected chi connectivity index (χ1v) is 10.3. The van der Waals surface area contributed by atoms with Crippen molar-refractivity contribution >= 4 is 40.2 Å². The van der Waals surface area contributed by atoms with E-state index in [0.717, 1.165) is 32.8 Å². The lowest BCUT2D eigenvalue weighted by atomic mass is 10.1. The highest BCUT2D eigenvalue weighted by atomic mass is 32.2. The van der Waals surface area contributed by atoms with Gasteiger partial charge in [0.05, 0.1) is 29.5 Å². The van der Waals surface area contributed by atoms with Gasteiger partial charge in [0.15, 0.2) is 0 Å². The predicted octanol–water partition coefficient (Wildman–Crippen LogP) is 6.43. The van der Waals surface area contributed by atoms with Crippen molar-refractivity contribution in [1.29, 1.82) is 0 Å². The highest BCUT2D eigenvalue weighted by Gasteiger charge is 2.14. The molecule has 6 heteroatoms. The lowest BCUT2D eigenvalue weighted by molar-refractivity contribution is 0.102. The molecule has 0 aliphatic carbocycles. The zero-order chi connectivity index (χ0) is 21.1. The van der Waals surface area contributed by atoms with Gasteiger partial charge in [-0.3, -0.25) is 4.79 Å². The first-order valence-electron chi connectivity index (χ1n) is 9.51. The maximum atomic E-state index is 12.8. The summed E-state index contributed by atoms with van der Waals surface area (Å²) in [5.74, 6) is 0.504. The molecule has 0 aliphatic heterocycles. The second-order valence-corrected chi connectivity index (χ2v) is 7.78. The summed E-state index contributed by atoms with van der Waals surface area (Å²) in [4.78, 5) is 13.7. The molecule has 30 heavy (non-hydrogen) atoms. The Balaban J connectivity index is 1.56. The maximum absolute atomic E-state index is 12.8. The molecule has 1 heterocycles. The second-order valence-electron chi connectivity index (χ2n) is 6.94. The van der Waals surface area contributed by atoms with Crippen LogP contribution in [-0.2, 0) is 0 Å². The minimum absolute atomic E-state index is 0.223. The van der Waals surface area contributed by atoms with E-state index in [4.69, 9.17) is 9.15 Å². The van der Waals surface area contributed by atoms with Crippen LogP contribution in [0.4, 0.5) is 11.4 Å². The highest BCUT2D eigenvalue weighted by molar-refractivity contribution is 8.00. The molecular formula is C24H22N2O3S. The minimum Gasteiger partial charge on any atom is -0.496 e. The molecule has 0 spiro atoms. The summed E-state index contributed by atoms with van der Waals surface area (Å²) in [5, 5.41) is 3.85. The molecule has 1 aromatic heterocycles. The van der Waals surface area contributed by atoms with Gasteiger partial charge in [-0.25, -0.2) is 0 Å². The summed E-state index contributed by atoms with van der Waals surface area (Å²) >= 11 is 1.45. The Bertz CT molecular complexity index is 1200. The number of carbonyl (C=O) groups excluding carboxylic acids is 1. The molecule has 4 rings (SSSR count). The molecule has 152 valence electrons. The monoisotopic (exact) mass is 418 g/mol. The van der Waals surface area contributed by atoms with Crippen molar-refractivity contribution < 1.29 is 13.9 Å². The van der Waals surface area contributed by atoms with Crippen LogP contribution >= 0.6 is 11.9 Å². The molecule has 2 N–H and O–H groups in total. The van der Waals surface area contributed by atoms with E-state index in [-0.39, 0.29) is 5.91 Å². The fourth-order valence-corrected chi connectivity index (χ4v) is 4.26. The van der Waals surface area contributed by atoms with Crippen molar-refractivity contribution in [3.63, 3.8) is 0 Å². The molecular weight excluding hydrogens is 396 g/mol. The van der Waals surface area contributed by atoms with Gasteiger partial charge in [0.25, 0.3) is 5.91 Å². The van der Waals surface area contributed by atoms with Crippen molar-refractivity contribution in [3.8, 4) is 5.75 Å². The molecule has 0 radical (unpaired) electrons. The quantitative estimate of drug-likeness (QED) is 0.353. The second kappa shape index (κ2) is 8.55. The topological polar surface area (TPSA) is 63.5 Å². The van der Waals surface area contributed by atoms with Crippen LogP contribution in [0.25, 0.3) is 11.0 Å². The zero-order valence-corrected chi connectivity index (χ0v) is 17.8. The molecule has 0 bridgehead atoms. The molecule has 4 aromatic rings. The van der Waals surface area contributed by atoms with Crippen molar-refractivity contribution in [3.05, 3.63) is 83.6 Å². The number of para-hydroxylation sites is 2. The number of carbonyl (C=O) groups is 1. The molecule has 0 aliphatic rings. The molecule has 5 nitrogen and oxygen atoms in total. The van der Waals surface area contributed by atoms with Gasteiger partial charge >= 0.3 is 0 Å². The molecule has 0 saturated carbocycles. The maximum Gasteiger partial charge on any atom is 0.259 e. The van der Waals surface area contributed by atoms with Gasteiger partial charge in [0.1, 0.15) is 11.3 Å². The van der Waals surface area contributed by atoms with Crippen LogP contribution in [0.15, 0.2) is 76.2 Å². The Morgan fingerprint density at radius 3 is 2.53 bits per heavy atom. The molecule has 0 unspecified atom stereocenters. The SMILES string of the molecule is COc1ccc(NC(=O)c2cccc3ccoc23)cc1SNc1c(C)cccc1C. The van der Waals surface area contributed by atoms with E-state index >= 15 is 0 Å². The summed E-state index contributed by atoms with van der Waals surface area (Å²) in [6.07, 6.45) is 1.59. The van der Waals surface area contributed by atoms with E-state index in [0.29, 0.717) is 16.8 Å². The number of ether oxygens (including phenoxy) is 1. The minimum atomic E-state index is -0.223. The lowest BCUT2D eigenvalue weighted by Gasteiger charge is -2.15. The van der Waals surface area contributed by atoms with Crippen LogP contribution in [0.5, 0.6) is 5.75 Å². The van der Waals surface area contributed by atoms with Gasteiger partial charge in [0.2, 0.25) is 0 Å². The van der Waals surface area contributed by atoms with E-state index in [1.807, 2.05) is 42.5 Å². The molecule has 1 amide bonds. The van der Waals surface area contributed by atoms with Crippen LogP contribution < -0.4 is 14.8 Å². The Morgan fingerprint density at radius 2 is 1.77 bits per heavy atom. The fraction of sp³-hybridized carbons (Fsp3) is 0.125. The third-order valence-electron chi connectivity index (χ3n) is 4.89. The summed E-state index contributed by atoms with van der Waals surface area (Å²) in [6, 6.07) is 19.1. The number of furan rings is 1. The third-order valence-corrected chi connectivity index (χ3v) is 5.73. The number of benzene rings is 3. The Kier molecular flexibility index (Phi) is 5.68. The molecule has 0 fully saturated rings. The summed E-state index contributed by atoms with van der Waals surface area (Å²) in [6.45, 7) is 4.14. The Morgan fingerprint density at radius 1 is 1.00 bits per heavy atom. The summed E-state index contributed by atoms with van der Waals surface area (Å²) in [5.41, 5.74) is 5.15. The normalized spacial score (nSPS) is 10.8. The lowest BCUT2D eigenvalue weighted by Crippen LogP contribution is -2.12. The smallest absolute Gasteiger partial charge is 0.259 e. The van der Waals surface area contributed by atoms with Gasteiger partial charge in [-0.2, -0.15) is 0 Å². The first-order chi connectivity index (χ1) is 14.6. The van der Waals surface area contributed by atoms with Crippen LogP contribution in [0.1, 0.15) is 21.5 Å². The number of aryl methyl sites for hydroxylation is 2. The van der Waals surface area contributed by atoms with Crippen LogP contribution in [0.2, 0.25) is 0 Å². The number of hydrogen-bond acceptors (Lipinski definition) is 5. The molecule has 0 saturated heterocycles. The predicted molar refractivity (Wildman–Crippen MR) is 123 cm³/mol. The van der Waals surface area contributed by atoms with Crippen molar-refractivity contribution in [2.24, 2.45) is 0 Å². The van der Waals surface area contributed by atoms with Gasteiger partial charge in [-0.05, 0) is 67.3 Å². The number of amides is 1.